The number of amides is 1. The Bertz CT molecular complexity index is 478. The zero-order valence-electron chi connectivity index (χ0n) is 12.3. The number of nitrogens with zero attached hydrogens (tertiary/aromatic N) is 1. The van der Waals surface area contributed by atoms with Crippen molar-refractivity contribution in [2.45, 2.75) is 37.9 Å². The largest absolute Gasteiger partial charge is 0.370 e. The molecule has 2 heterocycles. The minimum absolute atomic E-state index is 0.0787. The Labute approximate surface area is 135 Å². The fourth-order valence-electron chi connectivity index (χ4n) is 2.25. The van der Waals surface area contributed by atoms with Gasteiger partial charge in [-0.3, -0.25) is 4.79 Å². The molecule has 0 spiro atoms. The van der Waals surface area contributed by atoms with Crippen molar-refractivity contribution in [1.82, 2.24) is 10.3 Å². The number of thioether (sulfide) groups is 1. The van der Waals surface area contributed by atoms with Gasteiger partial charge in [-0.15, -0.1) is 0 Å². The molecule has 1 unspecified atom stereocenters. The van der Waals surface area contributed by atoms with E-state index in [0.29, 0.717) is 21.8 Å². The lowest BCUT2D eigenvalue weighted by atomic mass is 10.2. The van der Waals surface area contributed by atoms with Gasteiger partial charge in [-0.05, 0) is 37.1 Å². The van der Waals surface area contributed by atoms with Gasteiger partial charge in [-0.2, -0.15) is 11.8 Å². The third-order valence-corrected chi connectivity index (χ3v) is 4.97. The maximum Gasteiger partial charge on any atom is 0.251 e. The van der Waals surface area contributed by atoms with Crippen LogP contribution in [0.1, 0.15) is 43.0 Å². The molecule has 2 N–H and O–H groups in total. The van der Waals surface area contributed by atoms with Crippen LogP contribution in [0.25, 0.3) is 0 Å². The monoisotopic (exact) mass is 327 g/mol. The average Bonchev–Trinajstić information content (AvgIpc) is 2.51. The van der Waals surface area contributed by atoms with Gasteiger partial charge in [-0.25, -0.2) is 4.98 Å². The molecule has 1 aliphatic heterocycles. The van der Waals surface area contributed by atoms with Crippen molar-refractivity contribution in [2.75, 3.05) is 24.2 Å². The second kappa shape index (κ2) is 8.49. The van der Waals surface area contributed by atoms with Crippen molar-refractivity contribution in [3.8, 4) is 0 Å². The quantitative estimate of drug-likeness (QED) is 0.784. The molecular formula is C15H22ClN3OS. The van der Waals surface area contributed by atoms with Gasteiger partial charge in [0.1, 0.15) is 11.0 Å². The van der Waals surface area contributed by atoms with E-state index >= 15 is 0 Å². The zero-order valence-corrected chi connectivity index (χ0v) is 13.9. The van der Waals surface area contributed by atoms with Crippen LogP contribution >= 0.6 is 23.4 Å². The molecule has 0 bridgehead atoms. The van der Waals surface area contributed by atoms with Gasteiger partial charge in [0, 0.05) is 23.9 Å². The smallest absolute Gasteiger partial charge is 0.251 e. The molecule has 1 saturated heterocycles. The average molecular weight is 328 g/mol. The minimum atomic E-state index is -0.0787. The molecule has 4 nitrogen and oxygen atoms in total. The molecule has 0 aliphatic carbocycles. The van der Waals surface area contributed by atoms with E-state index in [4.69, 9.17) is 11.6 Å². The SMILES string of the molecule is CCCNc1cc(C(=O)NCC2CCCCS2)cc(Cl)n1. The highest BCUT2D eigenvalue weighted by molar-refractivity contribution is 7.99. The van der Waals surface area contributed by atoms with Gasteiger partial charge in [-0.1, -0.05) is 24.9 Å². The minimum Gasteiger partial charge on any atom is -0.370 e. The lowest BCUT2D eigenvalue weighted by Gasteiger charge is -2.21. The Morgan fingerprint density at radius 3 is 3.05 bits per heavy atom. The Morgan fingerprint density at radius 1 is 1.48 bits per heavy atom. The van der Waals surface area contributed by atoms with Crippen LogP contribution in [0.15, 0.2) is 12.1 Å². The third kappa shape index (κ3) is 5.40. The van der Waals surface area contributed by atoms with Crippen molar-refractivity contribution in [3.63, 3.8) is 0 Å². The van der Waals surface area contributed by atoms with Crippen LogP contribution in [0.3, 0.4) is 0 Å². The van der Waals surface area contributed by atoms with Gasteiger partial charge >= 0.3 is 0 Å². The first-order valence-electron chi connectivity index (χ1n) is 7.50. The number of nitrogens with one attached hydrogen (secondary N) is 2. The molecule has 1 amide bonds. The molecule has 1 fully saturated rings. The predicted molar refractivity (Wildman–Crippen MR) is 90.5 cm³/mol. The summed E-state index contributed by atoms with van der Waals surface area (Å²) in [5, 5.41) is 7.04. The summed E-state index contributed by atoms with van der Waals surface area (Å²) in [4.78, 5) is 16.4. The van der Waals surface area contributed by atoms with E-state index in [2.05, 4.69) is 22.5 Å². The van der Waals surface area contributed by atoms with Crippen LogP contribution in [-0.2, 0) is 0 Å². The van der Waals surface area contributed by atoms with E-state index < -0.39 is 0 Å². The zero-order chi connectivity index (χ0) is 15.1. The summed E-state index contributed by atoms with van der Waals surface area (Å²) in [6, 6.07) is 3.37. The standard InChI is InChI=1S/C15H22ClN3OS/c1-2-6-17-14-9-11(8-13(16)19-14)15(20)18-10-12-5-3-4-7-21-12/h8-9,12H,2-7,10H2,1H3,(H,17,19)(H,18,20). The van der Waals surface area contributed by atoms with E-state index in [-0.39, 0.29) is 5.91 Å². The molecule has 1 aliphatic rings. The first-order valence-corrected chi connectivity index (χ1v) is 8.93. The molecule has 116 valence electrons. The second-order valence-corrected chi connectivity index (χ2v) is 6.98. The number of carbonyl (C=O) groups excluding carboxylic acids is 1. The summed E-state index contributed by atoms with van der Waals surface area (Å²) in [6.07, 6.45) is 4.74. The number of anilines is 1. The van der Waals surface area contributed by atoms with Crippen LogP contribution in [0.2, 0.25) is 5.15 Å². The number of hydrogen-bond acceptors (Lipinski definition) is 4. The fourth-order valence-corrected chi connectivity index (χ4v) is 3.70. The number of carbonyl (C=O) groups is 1. The molecule has 1 atom stereocenters. The lowest BCUT2D eigenvalue weighted by Crippen LogP contribution is -2.32. The molecule has 6 heteroatoms. The van der Waals surface area contributed by atoms with Gasteiger partial charge in [0.05, 0.1) is 0 Å². The normalized spacial score (nSPS) is 18.3. The van der Waals surface area contributed by atoms with Crippen LogP contribution in [0, 0.1) is 0 Å². The molecule has 1 aromatic heterocycles. The molecule has 21 heavy (non-hydrogen) atoms. The summed E-state index contributed by atoms with van der Waals surface area (Å²) in [5.41, 5.74) is 0.564. The highest BCUT2D eigenvalue weighted by atomic mass is 35.5. The molecular weight excluding hydrogens is 306 g/mol. The summed E-state index contributed by atoms with van der Waals surface area (Å²) in [5.74, 6) is 1.78. The number of aromatic nitrogens is 1. The molecule has 2 rings (SSSR count). The van der Waals surface area contributed by atoms with Crippen LogP contribution < -0.4 is 10.6 Å². The molecule has 0 radical (unpaired) electrons. The summed E-state index contributed by atoms with van der Waals surface area (Å²) < 4.78 is 0. The van der Waals surface area contributed by atoms with E-state index in [1.54, 1.807) is 12.1 Å². The van der Waals surface area contributed by atoms with E-state index in [0.717, 1.165) is 19.5 Å². The van der Waals surface area contributed by atoms with Crippen LogP contribution in [0.4, 0.5) is 5.82 Å². The third-order valence-electron chi connectivity index (χ3n) is 3.38. The Kier molecular flexibility index (Phi) is 6.64. The van der Waals surface area contributed by atoms with Crippen molar-refractivity contribution < 1.29 is 4.79 Å². The van der Waals surface area contributed by atoms with Gasteiger partial charge in [0.2, 0.25) is 0 Å². The van der Waals surface area contributed by atoms with Crippen LogP contribution in [-0.4, -0.2) is 35.0 Å². The van der Waals surface area contributed by atoms with E-state index in [1.165, 1.54) is 25.0 Å². The fraction of sp³-hybridized carbons (Fsp3) is 0.600. The van der Waals surface area contributed by atoms with Crippen molar-refractivity contribution in [3.05, 3.63) is 22.8 Å². The Balaban J connectivity index is 1.92. The highest BCUT2D eigenvalue weighted by Gasteiger charge is 2.16. The van der Waals surface area contributed by atoms with E-state index in [1.807, 2.05) is 11.8 Å². The second-order valence-electron chi connectivity index (χ2n) is 5.19. The van der Waals surface area contributed by atoms with E-state index in [9.17, 15) is 4.79 Å². The first-order chi connectivity index (χ1) is 10.2. The van der Waals surface area contributed by atoms with Gasteiger partial charge in [0.25, 0.3) is 5.91 Å². The molecule has 1 aromatic rings. The Morgan fingerprint density at radius 2 is 2.33 bits per heavy atom. The predicted octanol–water partition coefficient (Wildman–Crippen LogP) is 3.57. The maximum absolute atomic E-state index is 12.2. The van der Waals surface area contributed by atoms with Gasteiger partial charge < -0.3 is 10.6 Å². The molecule has 0 aromatic carbocycles. The lowest BCUT2D eigenvalue weighted by molar-refractivity contribution is 0.0953. The summed E-state index contributed by atoms with van der Waals surface area (Å²) in [7, 11) is 0. The molecule has 0 saturated carbocycles. The van der Waals surface area contributed by atoms with Crippen molar-refractivity contribution >= 4 is 35.1 Å². The summed E-state index contributed by atoms with van der Waals surface area (Å²) >= 11 is 7.94. The summed E-state index contributed by atoms with van der Waals surface area (Å²) in [6.45, 7) is 3.61. The Hall–Kier alpha value is -0.940. The van der Waals surface area contributed by atoms with Crippen molar-refractivity contribution in [1.29, 1.82) is 0 Å². The number of pyridine rings is 1. The number of rotatable bonds is 6. The number of hydrogen-bond donors (Lipinski definition) is 2. The van der Waals surface area contributed by atoms with Crippen molar-refractivity contribution in [2.24, 2.45) is 0 Å². The maximum atomic E-state index is 12.2. The van der Waals surface area contributed by atoms with Gasteiger partial charge in [0.15, 0.2) is 0 Å². The topological polar surface area (TPSA) is 54.0 Å². The first kappa shape index (κ1) is 16.4. The highest BCUT2D eigenvalue weighted by Crippen LogP contribution is 2.24. The van der Waals surface area contributed by atoms with Crippen LogP contribution in [0.5, 0.6) is 0 Å². The number of halogens is 1.